The maximum atomic E-state index is 12.6. The summed E-state index contributed by atoms with van der Waals surface area (Å²) in [5.41, 5.74) is 0.329. The van der Waals surface area contributed by atoms with Crippen molar-refractivity contribution in [1.29, 1.82) is 0 Å². The number of nitrogens with zero attached hydrogens (tertiary/aromatic N) is 5. The quantitative estimate of drug-likeness (QED) is 0.178. The summed E-state index contributed by atoms with van der Waals surface area (Å²) in [5.74, 6) is -3.23. The maximum Gasteiger partial charge on any atom is 0.398 e. The first kappa shape index (κ1) is 33.7. The van der Waals surface area contributed by atoms with Crippen LogP contribution in [0.15, 0.2) is 34.3 Å². The fraction of sp³-hybridized carbons (Fsp3) is 0.455. The van der Waals surface area contributed by atoms with Gasteiger partial charge in [0.05, 0.1) is 38.4 Å². The summed E-state index contributed by atoms with van der Waals surface area (Å²) in [6.45, 7) is 3.56. The molecule has 2 heterocycles. The second-order valence-corrected chi connectivity index (χ2v) is 9.40. The van der Waals surface area contributed by atoms with Gasteiger partial charge >= 0.3 is 24.3 Å². The number of rotatable bonds is 11. The molecule has 2 aromatic heterocycles. The molecule has 0 radical (unpaired) electrons. The van der Waals surface area contributed by atoms with E-state index in [1.165, 1.54) is 11.8 Å². The van der Waals surface area contributed by atoms with Gasteiger partial charge in [0.15, 0.2) is 5.03 Å². The number of hydrogen-bond donors (Lipinski definition) is 1. The van der Waals surface area contributed by atoms with Crippen molar-refractivity contribution in [2.75, 3.05) is 31.8 Å². The minimum Gasteiger partial charge on any atom is -0.497 e. The molecule has 41 heavy (non-hydrogen) atoms. The molecule has 0 amide bonds. The molecule has 0 saturated heterocycles. The lowest BCUT2D eigenvalue weighted by atomic mass is 10.2. The van der Waals surface area contributed by atoms with Crippen LogP contribution in [-0.2, 0) is 16.0 Å². The van der Waals surface area contributed by atoms with Crippen molar-refractivity contribution in [2.45, 2.75) is 42.8 Å². The Morgan fingerprint density at radius 3 is 1.98 bits per heavy atom. The van der Waals surface area contributed by atoms with Crippen LogP contribution >= 0.6 is 23.5 Å². The topological polar surface area (TPSA) is 134 Å². The van der Waals surface area contributed by atoms with E-state index in [-0.39, 0.29) is 41.2 Å². The minimum absolute atomic E-state index is 0.0200. The number of hydrogen-bond acceptors (Lipinski definition) is 11. The van der Waals surface area contributed by atoms with E-state index in [4.69, 9.17) is 9.47 Å². The number of carbonyl (C=O) groups excluding carboxylic acids is 2. The molecule has 19 heteroatoms. The summed E-state index contributed by atoms with van der Waals surface area (Å²) in [6.07, 6.45) is -8.71. The Balaban J connectivity index is 0.000000317. The first-order valence-electron chi connectivity index (χ1n) is 11.5. The Morgan fingerprint density at radius 2 is 1.44 bits per heavy atom. The summed E-state index contributed by atoms with van der Waals surface area (Å²) in [5, 5.41) is 16.4. The van der Waals surface area contributed by atoms with Gasteiger partial charge in [-0.25, -0.2) is 14.3 Å². The first-order valence-corrected chi connectivity index (χ1v) is 13.5. The second-order valence-electron chi connectivity index (χ2n) is 7.47. The minimum atomic E-state index is -4.38. The lowest BCUT2D eigenvalue weighted by Crippen LogP contribution is -2.14. The van der Waals surface area contributed by atoms with E-state index < -0.39 is 35.8 Å². The first-order chi connectivity index (χ1) is 19.3. The number of thioether (sulfide) groups is 2. The van der Waals surface area contributed by atoms with Crippen molar-refractivity contribution in [3.63, 3.8) is 0 Å². The monoisotopic (exact) mass is 630 g/mol. The van der Waals surface area contributed by atoms with E-state index in [1.54, 1.807) is 38.1 Å². The zero-order valence-corrected chi connectivity index (χ0v) is 23.3. The Morgan fingerprint density at radius 1 is 0.878 bits per heavy atom. The van der Waals surface area contributed by atoms with Gasteiger partial charge < -0.3 is 14.2 Å². The normalized spacial score (nSPS) is 11.4. The molecule has 0 aliphatic carbocycles. The van der Waals surface area contributed by atoms with Gasteiger partial charge in [0.25, 0.3) is 0 Å². The molecular formula is C22H24F6N6O5S2. The fourth-order valence-corrected chi connectivity index (χ4v) is 4.22. The van der Waals surface area contributed by atoms with Gasteiger partial charge in [0.1, 0.15) is 10.8 Å². The molecule has 0 aliphatic heterocycles. The van der Waals surface area contributed by atoms with Gasteiger partial charge in [-0.05, 0) is 31.5 Å². The number of aromatic amines is 1. The van der Waals surface area contributed by atoms with Crippen LogP contribution in [0.5, 0.6) is 5.75 Å². The van der Waals surface area contributed by atoms with Gasteiger partial charge in [-0.1, -0.05) is 40.9 Å². The average Bonchev–Trinajstić information content (AvgIpc) is 3.54. The molecule has 1 N–H and O–H groups in total. The number of alkyl halides is 6. The number of benzene rings is 1. The number of ether oxygens (including phenoxy) is 3. The van der Waals surface area contributed by atoms with Gasteiger partial charge in [-0.2, -0.15) is 31.6 Å². The Bertz CT molecular complexity index is 1270. The summed E-state index contributed by atoms with van der Waals surface area (Å²) in [6, 6.07) is 6.95. The van der Waals surface area contributed by atoms with E-state index in [0.717, 1.165) is 5.56 Å². The van der Waals surface area contributed by atoms with E-state index in [1.807, 2.05) is 0 Å². The van der Waals surface area contributed by atoms with Crippen LogP contribution in [0.2, 0.25) is 0 Å². The van der Waals surface area contributed by atoms with E-state index in [9.17, 15) is 35.9 Å². The highest BCUT2D eigenvalue weighted by Gasteiger charge is 2.31. The van der Waals surface area contributed by atoms with Crippen molar-refractivity contribution in [1.82, 2.24) is 30.4 Å². The van der Waals surface area contributed by atoms with Crippen LogP contribution in [0.1, 0.15) is 40.4 Å². The Kier molecular flexibility index (Phi) is 12.8. The van der Waals surface area contributed by atoms with Gasteiger partial charge in [-0.15, -0.1) is 15.3 Å². The molecule has 0 saturated carbocycles. The van der Waals surface area contributed by atoms with Gasteiger partial charge in [-0.3, -0.25) is 0 Å². The van der Waals surface area contributed by atoms with Crippen molar-refractivity contribution in [2.24, 2.45) is 0 Å². The fourth-order valence-electron chi connectivity index (χ4n) is 2.74. The average molecular weight is 631 g/mol. The molecule has 226 valence electrons. The van der Waals surface area contributed by atoms with Crippen LogP contribution in [0.3, 0.4) is 0 Å². The predicted octanol–water partition coefficient (Wildman–Crippen LogP) is 4.80. The molecule has 0 bridgehead atoms. The maximum absolute atomic E-state index is 12.6. The highest BCUT2D eigenvalue weighted by Crippen LogP contribution is 2.30. The van der Waals surface area contributed by atoms with Crippen LogP contribution in [0.4, 0.5) is 26.3 Å². The highest BCUT2D eigenvalue weighted by molar-refractivity contribution is 7.99. The van der Waals surface area contributed by atoms with Gasteiger partial charge in [0.2, 0.25) is 11.4 Å². The number of methoxy groups -OCH3 is 1. The summed E-state index contributed by atoms with van der Waals surface area (Å²) in [7, 11) is 1.53. The van der Waals surface area contributed by atoms with E-state index in [0.29, 0.717) is 29.3 Å². The van der Waals surface area contributed by atoms with Crippen LogP contribution in [0.25, 0.3) is 0 Å². The highest BCUT2D eigenvalue weighted by atomic mass is 32.2. The molecule has 0 unspecified atom stereocenters. The van der Waals surface area contributed by atoms with Crippen molar-refractivity contribution >= 4 is 35.5 Å². The number of H-pyrrole nitrogens is 1. The Labute approximate surface area is 237 Å². The third-order valence-electron chi connectivity index (χ3n) is 4.38. The summed E-state index contributed by atoms with van der Waals surface area (Å²) >= 11 is 0.840. The number of carbonyl (C=O) groups is 2. The summed E-state index contributed by atoms with van der Waals surface area (Å²) < 4.78 is 89.2. The smallest absolute Gasteiger partial charge is 0.398 e. The molecule has 3 aromatic rings. The largest absolute Gasteiger partial charge is 0.497 e. The lowest BCUT2D eigenvalue weighted by Gasteiger charge is -2.10. The molecule has 0 aliphatic rings. The number of nitrogens with one attached hydrogen (secondary N) is 1. The van der Waals surface area contributed by atoms with Gasteiger partial charge in [0, 0.05) is 0 Å². The number of halogens is 6. The molecule has 11 nitrogen and oxygen atoms in total. The van der Waals surface area contributed by atoms with Crippen LogP contribution in [0, 0.1) is 0 Å². The van der Waals surface area contributed by atoms with Crippen molar-refractivity contribution < 1.29 is 50.1 Å². The zero-order chi connectivity index (χ0) is 30.6. The number of esters is 2. The lowest BCUT2D eigenvalue weighted by molar-refractivity contribution is -0.106. The molecular weight excluding hydrogens is 606 g/mol. The zero-order valence-electron chi connectivity index (χ0n) is 21.7. The van der Waals surface area contributed by atoms with E-state index in [2.05, 4.69) is 30.5 Å². The molecule has 0 fully saturated rings. The van der Waals surface area contributed by atoms with Crippen molar-refractivity contribution in [3.8, 4) is 5.75 Å². The van der Waals surface area contributed by atoms with Crippen molar-refractivity contribution in [3.05, 3.63) is 41.2 Å². The van der Waals surface area contributed by atoms with Crippen LogP contribution in [-0.4, -0.2) is 86.5 Å². The second kappa shape index (κ2) is 15.5. The molecule has 1 aromatic carbocycles. The summed E-state index contributed by atoms with van der Waals surface area (Å²) in [4.78, 5) is 23.1. The third kappa shape index (κ3) is 11.5. The van der Waals surface area contributed by atoms with Crippen LogP contribution < -0.4 is 4.74 Å². The number of aromatic nitrogens is 6. The third-order valence-corrected chi connectivity index (χ3v) is 6.56. The molecule has 3 rings (SSSR count). The predicted molar refractivity (Wildman–Crippen MR) is 134 cm³/mol. The standard InChI is InChI=1S/C15H16F3N3O3S.C7H8F3N3O2S/c1-3-24-14(22)12-13(25-9-15(16,17)18)21(20-19-12)8-10-4-6-11(23-2)7-5-10;1-2-15-6(14)4-5(12-13-11-4)16-3-7(8,9)10/h4-7H,3,8-9H2,1-2H3;2-3H2,1H3,(H,11,12,13). The van der Waals surface area contributed by atoms with E-state index >= 15 is 0 Å². The Hall–Kier alpha value is -3.48. The SMILES string of the molecule is CCOC(=O)c1n[nH]nc1SCC(F)(F)F.CCOC(=O)c1nnn(Cc2ccc(OC)cc2)c1SCC(F)(F)F. The molecule has 0 spiro atoms. The molecule has 0 atom stereocenters.